The lowest BCUT2D eigenvalue weighted by atomic mass is 9.39. The summed E-state index contributed by atoms with van der Waals surface area (Å²) in [4.78, 5) is 63.8. The number of methoxy groups -OCH3 is 1. The first-order valence-corrected chi connectivity index (χ1v) is 13.6. The van der Waals surface area contributed by atoms with Crippen LogP contribution in [-0.4, -0.2) is 74.7 Å². The van der Waals surface area contributed by atoms with Gasteiger partial charge in [-0.1, -0.05) is 33.8 Å². The SMILES string of the molecule is COC(=O)CCC(=O)Nc1ccc2c(c1O)C(=O)C1C(O)[C@@]3(O)C(=O)C(C(N)=O)C(O)[C@H](C(C)C)[C@@]3(C)C[C@@]1(C)C2. The number of rotatable bonds is 6. The summed E-state index contributed by atoms with van der Waals surface area (Å²) in [6, 6.07) is 3.00. The van der Waals surface area contributed by atoms with E-state index >= 15 is 0 Å². The monoisotopic (exact) mass is 574 g/mol. The van der Waals surface area contributed by atoms with E-state index in [2.05, 4.69) is 10.1 Å². The molecular weight excluding hydrogens is 536 g/mol. The minimum Gasteiger partial charge on any atom is -0.505 e. The van der Waals surface area contributed by atoms with Crippen LogP contribution >= 0.6 is 0 Å². The number of phenols is 1. The van der Waals surface area contributed by atoms with Crippen molar-refractivity contribution in [2.75, 3.05) is 12.4 Å². The number of primary amides is 1. The average Bonchev–Trinajstić information content (AvgIpc) is 2.85. The van der Waals surface area contributed by atoms with Crippen LogP contribution in [0.25, 0.3) is 0 Å². The van der Waals surface area contributed by atoms with Gasteiger partial charge in [-0.05, 0) is 41.7 Å². The Bertz CT molecular complexity index is 1330. The van der Waals surface area contributed by atoms with E-state index in [-0.39, 0.29) is 42.9 Å². The number of benzene rings is 1. The summed E-state index contributed by atoms with van der Waals surface area (Å²) in [7, 11) is 1.19. The van der Waals surface area contributed by atoms with Crippen LogP contribution in [-0.2, 0) is 30.3 Å². The second-order valence-corrected chi connectivity index (χ2v) is 12.6. The molecule has 0 bridgehead atoms. The van der Waals surface area contributed by atoms with Gasteiger partial charge >= 0.3 is 5.97 Å². The molecule has 12 nitrogen and oxygen atoms in total. The summed E-state index contributed by atoms with van der Waals surface area (Å²) in [5.74, 6) is -9.10. The predicted octanol–water partition coefficient (Wildman–Crippen LogP) is 0.465. The van der Waals surface area contributed by atoms with Gasteiger partial charge in [-0.3, -0.25) is 24.0 Å². The number of fused-ring (bicyclic) bond motifs is 3. The molecule has 8 atom stereocenters. The minimum absolute atomic E-state index is 0.0350. The number of nitrogens with two attached hydrogens (primary N) is 1. The molecule has 0 heterocycles. The van der Waals surface area contributed by atoms with Crippen molar-refractivity contribution in [2.45, 2.75) is 71.2 Å². The zero-order valence-electron chi connectivity index (χ0n) is 23.8. The Kier molecular flexibility index (Phi) is 7.60. The van der Waals surface area contributed by atoms with Crippen LogP contribution in [0.1, 0.15) is 62.9 Å². The molecule has 4 unspecified atom stereocenters. The molecule has 0 aliphatic heterocycles. The molecule has 0 radical (unpaired) electrons. The van der Waals surface area contributed by atoms with Gasteiger partial charge in [-0.15, -0.1) is 0 Å². The lowest BCUT2D eigenvalue weighted by Gasteiger charge is -2.66. The van der Waals surface area contributed by atoms with Crippen LogP contribution < -0.4 is 11.1 Å². The van der Waals surface area contributed by atoms with E-state index in [0.29, 0.717) is 5.56 Å². The molecule has 4 rings (SSSR count). The molecule has 41 heavy (non-hydrogen) atoms. The van der Waals surface area contributed by atoms with E-state index in [1.807, 2.05) is 0 Å². The summed E-state index contributed by atoms with van der Waals surface area (Å²) >= 11 is 0. The molecule has 12 heteroatoms. The first-order valence-electron chi connectivity index (χ1n) is 13.6. The van der Waals surface area contributed by atoms with E-state index in [0.717, 1.165) is 0 Å². The van der Waals surface area contributed by atoms with Gasteiger partial charge in [0.25, 0.3) is 0 Å². The fourth-order valence-corrected chi connectivity index (χ4v) is 8.16. The summed E-state index contributed by atoms with van der Waals surface area (Å²) in [6.45, 7) is 6.88. The van der Waals surface area contributed by atoms with E-state index in [1.165, 1.54) is 13.2 Å². The maximum atomic E-state index is 14.0. The highest BCUT2D eigenvalue weighted by atomic mass is 16.5. The highest BCUT2D eigenvalue weighted by molar-refractivity contribution is 6.10. The number of aliphatic hydroxyl groups is 3. The number of carbonyl (C=O) groups is 5. The Labute approximate surface area is 237 Å². The van der Waals surface area contributed by atoms with E-state index in [9.17, 15) is 44.4 Å². The zero-order chi connectivity index (χ0) is 30.8. The summed E-state index contributed by atoms with van der Waals surface area (Å²) in [6.07, 6.45) is -3.71. The number of hydrogen-bond donors (Lipinski definition) is 6. The number of hydrogen-bond acceptors (Lipinski definition) is 10. The van der Waals surface area contributed by atoms with Crippen molar-refractivity contribution < 1.29 is 49.1 Å². The van der Waals surface area contributed by atoms with Crippen LogP contribution in [0.2, 0.25) is 0 Å². The Morgan fingerprint density at radius 1 is 1.15 bits per heavy atom. The van der Waals surface area contributed by atoms with Crippen LogP contribution in [0.4, 0.5) is 5.69 Å². The van der Waals surface area contributed by atoms with Crippen molar-refractivity contribution in [1.82, 2.24) is 0 Å². The molecular formula is C29H38N2O10. The van der Waals surface area contributed by atoms with Crippen LogP contribution in [0.5, 0.6) is 5.75 Å². The number of amides is 2. The van der Waals surface area contributed by atoms with Gasteiger partial charge in [0, 0.05) is 11.8 Å². The lowest BCUT2D eigenvalue weighted by molar-refractivity contribution is -0.265. The van der Waals surface area contributed by atoms with Gasteiger partial charge in [0.15, 0.2) is 17.2 Å². The van der Waals surface area contributed by atoms with Crippen molar-refractivity contribution >= 4 is 35.0 Å². The average molecular weight is 575 g/mol. The van der Waals surface area contributed by atoms with Gasteiger partial charge in [0.2, 0.25) is 11.8 Å². The molecule has 3 aliphatic carbocycles. The van der Waals surface area contributed by atoms with E-state index < -0.39 is 81.5 Å². The summed E-state index contributed by atoms with van der Waals surface area (Å²) in [5.41, 5.74) is 0.601. The fourth-order valence-electron chi connectivity index (χ4n) is 8.16. The van der Waals surface area contributed by atoms with E-state index in [4.69, 9.17) is 5.73 Å². The smallest absolute Gasteiger partial charge is 0.306 e. The Hall–Kier alpha value is -3.35. The normalized spacial score (nSPS) is 36.2. The molecule has 7 N–H and O–H groups in total. The molecule has 2 fully saturated rings. The minimum atomic E-state index is -2.60. The number of carbonyl (C=O) groups excluding carboxylic acids is 5. The van der Waals surface area contributed by atoms with Gasteiger partial charge in [-0.2, -0.15) is 0 Å². The number of anilines is 1. The second-order valence-electron chi connectivity index (χ2n) is 12.6. The number of Topliss-reactive ketones (excluding diaryl/α,β-unsaturated/α-hetero) is 2. The largest absolute Gasteiger partial charge is 0.505 e. The Morgan fingerprint density at radius 3 is 2.34 bits per heavy atom. The van der Waals surface area contributed by atoms with Crippen molar-refractivity contribution in [1.29, 1.82) is 0 Å². The lowest BCUT2D eigenvalue weighted by Crippen LogP contribution is -2.79. The Balaban J connectivity index is 1.79. The number of aliphatic hydroxyl groups excluding tert-OH is 2. The third-order valence-electron chi connectivity index (χ3n) is 9.71. The van der Waals surface area contributed by atoms with Crippen molar-refractivity contribution in [3.63, 3.8) is 0 Å². The highest BCUT2D eigenvalue weighted by Crippen LogP contribution is 2.65. The summed E-state index contributed by atoms with van der Waals surface area (Å²) in [5, 5.41) is 48.6. The number of aromatic hydroxyl groups is 1. The number of ketones is 2. The molecule has 0 spiro atoms. The first kappa shape index (κ1) is 30.6. The maximum absolute atomic E-state index is 14.0. The molecule has 224 valence electrons. The first-order chi connectivity index (χ1) is 19.0. The van der Waals surface area contributed by atoms with Gasteiger partial charge in [0.05, 0.1) is 36.8 Å². The van der Waals surface area contributed by atoms with Gasteiger partial charge in [-0.25, -0.2) is 0 Å². The van der Waals surface area contributed by atoms with Crippen molar-refractivity contribution in [3.05, 3.63) is 23.3 Å². The predicted molar refractivity (Wildman–Crippen MR) is 143 cm³/mol. The number of esters is 1. The second kappa shape index (κ2) is 10.2. The maximum Gasteiger partial charge on any atom is 0.306 e. The Morgan fingerprint density at radius 2 is 1.78 bits per heavy atom. The molecule has 2 amide bonds. The number of ether oxygens (including phenoxy) is 1. The topological polar surface area (TPSA) is 214 Å². The van der Waals surface area contributed by atoms with Gasteiger partial charge in [0.1, 0.15) is 17.8 Å². The van der Waals surface area contributed by atoms with Crippen LogP contribution in [0.3, 0.4) is 0 Å². The summed E-state index contributed by atoms with van der Waals surface area (Å²) < 4.78 is 4.52. The molecule has 1 aromatic carbocycles. The van der Waals surface area contributed by atoms with Crippen molar-refractivity contribution in [3.8, 4) is 5.75 Å². The van der Waals surface area contributed by atoms with Crippen LogP contribution in [0.15, 0.2) is 12.1 Å². The fraction of sp³-hybridized carbons (Fsp3) is 0.621. The molecule has 0 aromatic heterocycles. The molecule has 3 aliphatic rings. The quantitative estimate of drug-likeness (QED) is 0.157. The van der Waals surface area contributed by atoms with Gasteiger partial charge < -0.3 is 36.2 Å². The highest BCUT2D eigenvalue weighted by Gasteiger charge is 2.75. The third kappa shape index (κ3) is 4.34. The molecule has 2 saturated carbocycles. The molecule has 1 aromatic rings. The van der Waals surface area contributed by atoms with Crippen LogP contribution in [0, 0.1) is 34.5 Å². The number of nitrogens with one attached hydrogen (secondary N) is 1. The number of phenolic OH excluding ortho intramolecular Hbond substituents is 1. The molecule has 0 saturated heterocycles. The third-order valence-corrected chi connectivity index (χ3v) is 9.71. The zero-order valence-corrected chi connectivity index (χ0v) is 23.8. The van der Waals surface area contributed by atoms with E-state index in [1.54, 1.807) is 33.8 Å². The van der Waals surface area contributed by atoms with Crippen molar-refractivity contribution in [2.24, 2.45) is 40.2 Å². The standard InChI is InChI=1S/C29H38N2O10/c1-12(2)19-23(36)18(26(30)39)24(37)29(40)25(38)20-22(35)17-13(10-27(20,3)11-28(19,29)4)6-7-14(21(17)34)31-15(32)8-9-16(33)41-5/h6-7,12,18-20,23,25,34,36,38,40H,8-11H2,1-5H3,(H2,30,39)(H,31,32)/t18?,19-,20?,23?,25?,27+,28+,29-/m0/s1.